The van der Waals surface area contributed by atoms with Crippen molar-refractivity contribution in [3.8, 4) is 0 Å². The normalized spacial score (nSPS) is 11.6. The summed E-state index contributed by atoms with van der Waals surface area (Å²) in [5, 5.41) is 5.50. The number of alkyl halides is 3. The van der Waals surface area contributed by atoms with E-state index in [0.717, 1.165) is 19.2 Å². The van der Waals surface area contributed by atoms with Crippen LogP contribution in [0.4, 0.5) is 33.7 Å². The Morgan fingerprint density at radius 3 is 2.27 bits per heavy atom. The smallest absolute Gasteiger partial charge is 0.416 e. The molecule has 0 atom stereocenters. The molecule has 2 aromatic carbocycles. The molecule has 0 bridgehead atoms. The van der Waals surface area contributed by atoms with Crippen LogP contribution < -0.4 is 10.6 Å². The zero-order valence-electron chi connectivity index (χ0n) is 18.7. The summed E-state index contributed by atoms with van der Waals surface area (Å²) in [7, 11) is 1.06. The Bertz CT molecular complexity index is 1000. The molecule has 180 valence electrons. The van der Waals surface area contributed by atoms with Crippen LogP contribution in [0.3, 0.4) is 0 Å². The van der Waals surface area contributed by atoms with Crippen molar-refractivity contribution < 1.29 is 36.6 Å². The maximum atomic E-state index is 13.8. The van der Waals surface area contributed by atoms with Crippen LogP contribution in [0.15, 0.2) is 36.4 Å². The van der Waals surface area contributed by atoms with Crippen molar-refractivity contribution in [2.75, 3.05) is 19.0 Å². The summed E-state index contributed by atoms with van der Waals surface area (Å²) >= 11 is 0. The first-order valence-corrected chi connectivity index (χ1v) is 10.1. The van der Waals surface area contributed by atoms with Crippen LogP contribution in [-0.2, 0) is 22.1 Å². The maximum Gasteiger partial charge on any atom is 0.416 e. The molecule has 0 spiro atoms. The van der Waals surface area contributed by atoms with E-state index in [4.69, 9.17) is 4.74 Å². The quantitative estimate of drug-likeness (QED) is 0.302. The van der Waals surface area contributed by atoms with Gasteiger partial charge in [0.15, 0.2) is 0 Å². The number of hydrogen-bond acceptors (Lipinski definition) is 5. The van der Waals surface area contributed by atoms with Gasteiger partial charge in [-0.3, -0.25) is 0 Å². The molecule has 0 saturated heterocycles. The number of hydrogen-bond donors (Lipinski definition) is 2. The van der Waals surface area contributed by atoms with E-state index in [2.05, 4.69) is 15.4 Å². The second-order valence-corrected chi connectivity index (χ2v) is 8.21. The average molecular weight is 470 g/mol. The number of benzene rings is 2. The molecule has 0 aliphatic rings. The topological polar surface area (TPSA) is 76.7 Å². The summed E-state index contributed by atoms with van der Waals surface area (Å²) in [6.45, 7) is 5.47. The van der Waals surface area contributed by atoms with E-state index in [1.54, 1.807) is 20.8 Å². The first-order chi connectivity index (χ1) is 15.3. The lowest BCUT2D eigenvalue weighted by Crippen LogP contribution is -2.33. The number of carbonyl (C=O) groups is 2. The molecule has 0 unspecified atom stereocenters. The van der Waals surface area contributed by atoms with Gasteiger partial charge in [0.25, 0.3) is 0 Å². The number of alkyl carbamates (subject to hydrolysis) is 1. The van der Waals surface area contributed by atoms with Gasteiger partial charge in [-0.05, 0) is 75.6 Å². The van der Waals surface area contributed by atoms with Gasteiger partial charge in [0.05, 0.1) is 23.9 Å². The van der Waals surface area contributed by atoms with E-state index in [1.807, 2.05) is 0 Å². The van der Waals surface area contributed by atoms with Crippen molar-refractivity contribution in [1.29, 1.82) is 0 Å². The molecule has 1 amide bonds. The highest BCUT2D eigenvalue weighted by molar-refractivity contribution is 5.97. The fourth-order valence-corrected chi connectivity index (χ4v) is 2.93. The fraction of sp³-hybridized carbons (Fsp3) is 0.391. The van der Waals surface area contributed by atoms with Crippen LogP contribution in [0.25, 0.3) is 0 Å². The lowest BCUT2D eigenvalue weighted by molar-refractivity contribution is -0.137. The summed E-state index contributed by atoms with van der Waals surface area (Å²) < 4.78 is 62.8. The third-order valence-electron chi connectivity index (χ3n) is 4.38. The summed E-state index contributed by atoms with van der Waals surface area (Å²) in [5.74, 6) is -1.45. The van der Waals surface area contributed by atoms with Gasteiger partial charge in [-0.25, -0.2) is 14.0 Å². The second-order valence-electron chi connectivity index (χ2n) is 8.21. The van der Waals surface area contributed by atoms with Crippen LogP contribution in [0.5, 0.6) is 0 Å². The highest BCUT2D eigenvalue weighted by Crippen LogP contribution is 2.33. The van der Waals surface area contributed by atoms with E-state index in [0.29, 0.717) is 30.2 Å². The van der Waals surface area contributed by atoms with Gasteiger partial charge >= 0.3 is 18.2 Å². The van der Waals surface area contributed by atoms with Gasteiger partial charge in [-0.15, -0.1) is 0 Å². The van der Waals surface area contributed by atoms with Gasteiger partial charge in [0, 0.05) is 12.2 Å². The van der Waals surface area contributed by atoms with Gasteiger partial charge < -0.3 is 20.1 Å². The molecule has 0 aliphatic heterocycles. The maximum absolute atomic E-state index is 13.8. The van der Waals surface area contributed by atoms with Crippen molar-refractivity contribution in [3.63, 3.8) is 0 Å². The highest BCUT2D eigenvalue weighted by atomic mass is 19.4. The Hall–Kier alpha value is -3.30. The number of ether oxygens (including phenoxy) is 2. The Morgan fingerprint density at radius 2 is 1.67 bits per heavy atom. The van der Waals surface area contributed by atoms with Crippen LogP contribution >= 0.6 is 0 Å². The summed E-state index contributed by atoms with van der Waals surface area (Å²) in [6.07, 6.45) is -4.44. The van der Waals surface area contributed by atoms with Gasteiger partial charge in [0.1, 0.15) is 11.4 Å². The van der Waals surface area contributed by atoms with Gasteiger partial charge in [-0.1, -0.05) is 0 Å². The van der Waals surface area contributed by atoms with E-state index >= 15 is 0 Å². The minimum Gasteiger partial charge on any atom is -0.465 e. The van der Waals surface area contributed by atoms with Crippen LogP contribution in [-0.4, -0.2) is 31.3 Å². The molecule has 0 fully saturated rings. The van der Waals surface area contributed by atoms with Crippen LogP contribution in [0.1, 0.15) is 48.7 Å². The zero-order chi connectivity index (χ0) is 24.8. The standard InChI is InChI=1S/C23H26F4N2O4/c1-22(2,3)33-21(31)28-11-5-6-14-12-16(24)8-10-18(14)29-19-9-7-15(23(25,26)27)13-17(19)20(30)32-4/h7-10,12-13,29H,5-6,11H2,1-4H3,(H,28,31). The lowest BCUT2D eigenvalue weighted by atomic mass is 10.0. The fourth-order valence-electron chi connectivity index (χ4n) is 2.93. The molecule has 6 nitrogen and oxygen atoms in total. The van der Waals surface area contributed by atoms with E-state index in [1.165, 1.54) is 18.2 Å². The van der Waals surface area contributed by atoms with E-state index < -0.39 is 35.2 Å². The van der Waals surface area contributed by atoms with E-state index in [-0.39, 0.29) is 17.8 Å². The number of anilines is 2. The number of methoxy groups -OCH3 is 1. The third-order valence-corrected chi connectivity index (χ3v) is 4.38. The first-order valence-electron chi connectivity index (χ1n) is 10.1. The predicted octanol–water partition coefficient (Wildman–Crippen LogP) is 5.83. The zero-order valence-corrected chi connectivity index (χ0v) is 18.7. The number of rotatable bonds is 7. The van der Waals surface area contributed by atoms with Crippen molar-refractivity contribution >= 4 is 23.4 Å². The number of halogens is 4. The molecular weight excluding hydrogens is 444 g/mol. The highest BCUT2D eigenvalue weighted by Gasteiger charge is 2.32. The molecule has 10 heteroatoms. The number of esters is 1. The molecule has 0 saturated carbocycles. The van der Waals surface area contributed by atoms with E-state index in [9.17, 15) is 27.2 Å². The number of amides is 1. The summed E-state index contributed by atoms with van der Waals surface area (Å²) in [4.78, 5) is 23.8. The lowest BCUT2D eigenvalue weighted by Gasteiger charge is -2.19. The van der Waals surface area contributed by atoms with Gasteiger partial charge in [0.2, 0.25) is 0 Å². The molecule has 0 radical (unpaired) electrons. The van der Waals surface area contributed by atoms with Crippen molar-refractivity contribution in [1.82, 2.24) is 5.32 Å². The molecular formula is C23H26F4N2O4. The minimum atomic E-state index is -4.64. The Morgan fingerprint density at radius 1 is 1.00 bits per heavy atom. The monoisotopic (exact) mass is 470 g/mol. The Labute approximate surface area is 189 Å². The Balaban J connectivity index is 2.19. The average Bonchev–Trinajstić information content (AvgIpc) is 2.70. The molecule has 0 aromatic heterocycles. The number of nitrogens with one attached hydrogen (secondary N) is 2. The molecule has 2 N–H and O–H groups in total. The molecule has 33 heavy (non-hydrogen) atoms. The molecule has 2 rings (SSSR count). The van der Waals surface area contributed by atoms with Crippen LogP contribution in [0, 0.1) is 5.82 Å². The third kappa shape index (κ3) is 7.96. The predicted molar refractivity (Wildman–Crippen MR) is 115 cm³/mol. The molecule has 2 aromatic rings. The molecule has 0 heterocycles. The number of aryl methyl sites for hydroxylation is 1. The minimum absolute atomic E-state index is 0.0783. The largest absolute Gasteiger partial charge is 0.465 e. The van der Waals surface area contributed by atoms with Crippen molar-refractivity contribution in [3.05, 3.63) is 58.9 Å². The Kier molecular flexibility index (Phi) is 8.29. The van der Waals surface area contributed by atoms with Crippen molar-refractivity contribution in [2.24, 2.45) is 0 Å². The SMILES string of the molecule is COC(=O)c1cc(C(F)(F)F)ccc1Nc1ccc(F)cc1CCCNC(=O)OC(C)(C)C. The first kappa shape index (κ1) is 26.0. The van der Waals surface area contributed by atoms with Gasteiger partial charge in [-0.2, -0.15) is 13.2 Å². The summed E-state index contributed by atoms with van der Waals surface area (Å²) in [6, 6.07) is 6.53. The molecule has 0 aliphatic carbocycles. The second kappa shape index (κ2) is 10.5. The van der Waals surface area contributed by atoms with Crippen LogP contribution in [0.2, 0.25) is 0 Å². The summed E-state index contributed by atoms with van der Waals surface area (Å²) in [5.41, 5.74) is -0.956. The van der Waals surface area contributed by atoms with Crippen molar-refractivity contribution in [2.45, 2.75) is 45.4 Å². The number of carbonyl (C=O) groups excluding carboxylic acids is 2.